The van der Waals surface area contributed by atoms with Crippen LogP contribution in [0.15, 0.2) is 28.0 Å². The molecule has 1 atom stereocenters. The molecule has 2 aliphatic heterocycles. The van der Waals surface area contributed by atoms with Gasteiger partial charge in [0.1, 0.15) is 15.8 Å². The molecule has 12 heteroatoms. The van der Waals surface area contributed by atoms with Crippen molar-refractivity contribution >= 4 is 61.6 Å². The summed E-state index contributed by atoms with van der Waals surface area (Å²) in [5.41, 5.74) is 1.31. The van der Waals surface area contributed by atoms with Crippen molar-refractivity contribution in [1.82, 2.24) is 14.3 Å². The normalized spacial score (nSPS) is 21.2. The van der Waals surface area contributed by atoms with Gasteiger partial charge in [0.05, 0.1) is 28.0 Å². The number of fused-ring (bicyclic) bond motifs is 1. The van der Waals surface area contributed by atoms with Crippen LogP contribution in [0.2, 0.25) is 0 Å². The number of ether oxygens (including phenoxy) is 1. The highest BCUT2D eigenvalue weighted by Crippen LogP contribution is 2.36. The highest BCUT2D eigenvalue weighted by atomic mass is 32.2. The Labute approximate surface area is 207 Å². The number of anilines is 1. The summed E-state index contributed by atoms with van der Waals surface area (Å²) >= 11 is 6.47. The molecule has 2 aromatic heterocycles. The lowest BCUT2D eigenvalue weighted by Crippen LogP contribution is -2.39. The van der Waals surface area contributed by atoms with Crippen molar-refractivity contribution in [2.45, 2.75) is 32.7 Å². The molecule has 9 nitrogen and oxygen atoms in total. The maximum atomic E-state index is 13.4. The van der Waals surface area contributed by atoms with E-state index in [2.05, 4.69) is 10.3 Å². The fraction of sp³-hybridized carbons (Fsp3) is 0.455. The average Bonchev–Trinajstić information content (AvgIpc) is 3.28. The summed E-state index contributed by atoms with van der Waals surface area (Å²) in [6.07, 6.45) is 4.23. The van der Waals surface area contributed by atoms with Gasteiger partial charge >= 0.3 is 0 Å². The van der Waals surface area contributed by atoms with Crippen LogP contribution < -0.4 is 10.9 Å². The number of pyridine rings is 1. The molecule has 0 aromatic carbocycles. The third kappa shape index (κ3) is 5.04. The number of nitrogens with one attached hydrogen (secondary N) is 1. The zero-order chi connectivity index (χ0) is 24.5. The highest BCUT2D eigenvalue weighted by Gasteiger charge is 2.42. The number of thioether (sulfide) groups is 1. The van der Waals surface area contributed by atoms with Gasteiger partial charge in [0.15, 0.2) is 9.84 Å². The SMILES string of the molecule is CCOCCCNc1nc2c(C)cccn2c(=O)c1C=C1SC(=S)N(C2CCS(=O)(=O)C2)C1=O. The summed E-state index contributed by atoms with van der Waals surface area (Å²) in [4.78, 5) is 32.9. The van der Waals surface area contributed by atoms with Crippen molar-refractivity contribution in [3.8, 4) is 0 Å². The number of carbonyl (C=O) groups excluding carboxylic acids is 1. The molecule has 1 N–H and O–H groups in total. The minimum absolute atomic E-state index is 0.0406. The zero-order valence-electron chi connectivity index (χ0n) is 18.9. The number of hydrogen-bond acceptors (Lipinski definition) is 9. The predicted octanol–water partition coefficient (Wildman–Crippen LogP) is 2.23. The van der Waals surface area contributed by atoms with Crippen molar-refractivity contribution in [2.75, 3.05) is 36.6 Å². The smallest absolute Gasteiger partial charge is 0.267 e. The van der Waals surface area contributed by atoms with Crippen molar-refractivity contribution < 1.29 is 17.9 Å². The van der Waals surface area contributed by atoms with Gasteiger partial charge in [0.2, 0.25) is 0 Å². The molecule has 0 bridgehead atoms. The van der Waals surface area contributed by atoms with E-state index in [1.165, 1.54) is 15.4 Å². The molecule has 2 saturated heterocycles. The summed E-state index contributed by atoms with van der Waals surface area (Å²) in [5, 5.41) is 3.21. The lowest BCUT2D eigenvalue weighted by molar-refractivity contribution is -0.123. The number of sulfone groups is 1. The van der Waals surface area contributed by atoms with Gasteiger partial charge in [-0.25, -0.2) is 13.4 Å². The van der Waals surface area contributed by atoms with Crippen LogP contribution in [0, 0.1) is 6.92 Å². The second-order valence-electron chi connectivity index (χ2n) is 8.15. The Morgan fingerprint density at radius 3 is 2.88 bits per heavy atom. The maximum Gasteiger partial charge on any atom is 0.267 e. The van der Waals surface area contributed by atoms with E-state index in [1.807, 2.05) is 19.9 Å². The van der Waals surface area contributed by atoms with E-state index in [0.717, 1.165) is 23.7 Å². The first-order chi connectivity index (χ1) is 16.2. The third-order valence-electron chi connectivity index (χ3n) is 5.72. The lowest BCUT2D eigenvalue weighted by atomic mass is 10.2. The molecule has 2 aliphatic rings. The van der Waals surface area contributed by atoms with Gasteiger partial charge in [-0.2, -0.15) is 0 Å². The van der Waals surface area contributed by atoms with Gasteiger partial charge in [-0.15, -0.1) is 0 Å². The summed E-state index contributed by atoms with van der Waals surface area (Å²) in [5.74, 6) is -0.0600. The fourth-order valence-electron chi connectivity index (χ4n) is 4.01. The lowest BCUT2D eigenvalue weighted by Gasteiger charge is -2.20. The molecular weight excluding hydrogens is 496 g/mol. The Bertz CT molecular complexity index is 1340. The number of carbonyl (C=O) groups is 1. The second-order valence-corrected chi connectivity index (χ2v) is 12.1. The first-order valence-electron chi connectivity index (χ1n) is 11.0. The van der Waals surface area contributed by atoms with Gasteiger partial charge in [0, 0.05) is 26.0 Å². The van der Waals surface area contributed by atoms with Crippen LogP contribution >= 0.6 is 24.0 Å². The minimum Gasteiger partial charge on any atom is -0.382 e. The molecule has 4 rings (SSSR count). The Morgan fingerprint density at radius 2 is 2.18 bits per heavy atom. The number of hydrogen-bond donors (Lipinski definition) is 1. The Kier molecular flexibility index (Phi) is 7.41. The van der Waals surface area contributed by atoms with Crippen molar-refractivity contribution in [1.29, 1.82) is 0 Å². The first-order valence-corrected chi connectivity index (χ1v) is 14.1. The molecule has 2 fully saturated rings. The topological polar surface area (TPSA) is 110 Å². The van der Waals surface area contributed by atoms with Crippen molar-refractivity contribution in [3.05, 3.63) is 44.7 Å². The van der Waals surface area contributed by atoms with Gasteiger partial charge in [-0.1, -0.05) is 30.0 Å². The minimum atomic E-state index is -3.18. The standard InChI is InChI=1S/C22H26N4O5S3/c1-3-31-10-5-8-23-18-16(20(27)25-9-4-6-14(2)19(25)24-18)12-17-21(28)26(22(32)33-17)15-7-11-34(29,30)13-15/h4,6,9,12,15,23H,3,5,7-8,10-11,13H2,1-2H3. The van der Waals surface area contributed by atoms with E-state index in [4.69, 9.17) is 17.0 Å². The molecule has 0 spiro atoms. The van der Waals surface area contributed by atoms with Gasteiger partial charge in [0.25, 0.3) is 11.5 Å². The largest absolute Gasteiger partial charge is 0.382 e. The maximum absolute atomic E-state index is 13.4. The molecule has 4 heterocycles. The van der Waals surface area contributed by atoms with E-state index in [1.54, 1.807) is 12.3 Å². The highest BCUT2D eigenvalue weighted by molar-refractivity contribution is 8.26. The molecule has 34 heavy (non-hydrogen) atoms. The molecular formula is C22H26N4O5S3. The van der Waals surface area contributed by atoms with E-state index < -0.39 is 15.9 Å². The number of thiocarbonyl (C=S) groups is 1. The number of nitrogens with zero attached hydrogens (tertiary/aromatic N) is 3. The quantitative estimate of drug-likeness (QED) is 0.317. The zero-order valence-corrected chi connectivity index (χ0v) is 21.4. The Hall–Kier alpha value is -2.28. The number of amides is 1. The third-order valence-corrected chi connectivity index (χ3v) is 8.80. The summed E-state index contributed by atoms with van der Waals surface area (Å²) < 4.78 is 31.0. The number of aromatic nitrogens is 2. The Balaban J connectivity index is 1.70. The first kappa shape index (κ1) is 24.8. The van der Waals surface area contributed by atoms with Crippen LogP contribution in [0.5, 0.6) is 0 Å². The monoisotopic (exact) mass is 522 g/mol. The molecule has 0 radical (unpaired) electrons. The van der Waals surface area contributed by atoms with Gasteiger partial charge in [-0.3, -0.25) is 18.9 Å². The second kappa shape index (κ2) is 10.1. The van der Waals surface area contributed by atoms with Crippen LogP contribution in [0.3, 0.4) is 0 Å². The van der Waals surface area contributed by atoms with Crippen molar-refractivity contribution in [3.63, 3.8) is 0 Å². The van der Waals surface area contributed by atoms with Gasteiger partial charge < -0.3 is 10.1 Å². The average molecular weight is 523 g/mol. The summed E-state index contributed by atoms with van der Waals surface area (Å²) in [7, 11) is -3.18. The summed E-state index contributed by atoms with van der Waals surface area (Å²) in [6, 6.07) is 3.17. The van der Waals surface area contributed by atoms with Crippen LogP contribution in [-0.2, 0) is 19.4 Å². The van der Waals surface area contributed by atoms with Crippen molar-refractivity contribution in [2.24, 2.45) is 0 Å². The fourth-order valence-corrected chi connectivity index (χ4v) is 7.09. The van der Waals surface area contributed by atoms with Crippen LogP contribution in [0.1, 0.15) is 30.9 Å². The van der Waals surface area contributed by atoms with Crippen LogP contribution in [0.25, 0.3) is 11.7 Å². The summed E-state index contributed by atoms with van der Waals surface area (Å²) in [6.45, 7) is 5.55. The molecule has 0 aliphatic carbocycles. The molecule has 0 saturated carbocycles. The molecule has 2 aromatic rings. The van der Waals surface area contributed by atoms with Crippen LogP contribution in [-0.4, -0.2) is 70.2 Å². The number of aryl methyl sites for hydroxylation is 1. The Morgan fingerprint density at radius 1 is 1.38 bits per heavy atom. The van der Waals surface area contributed by atoms with Gasteiger partial charge in [-0.05, 0) is 44.4 Å². The van der Waals surface area contributed by atoms with E-state index in [0.29, 0.717) is 42.0 Å². The number of rotatable bonds is 8. The predicted molar refractivity (Wildman–Crippen MR) is 138 cm³/mol. The molecule has 1 amide bonds. The van der Waals surface area contributed by atoms with E-state index in [9.17, 15) is 18.0 Å². The molecule has 182 valence electrons. The molecule has 1 unspecified atom stereocenters. The van der Waals surface area contributed by atoms with E-state index >= 15 is 0 Å². The van der Waals surface area contributed by atoms with E-state index in [-0.39, 0.29) is 33.4 Å². The van der Waals surface area contributed by atoms with Crippen LogP contribution in [0.4, 0.5) is 5.82 Å².